The monoisotopic (exact) mass is 574 g/mol. The van der Waals surface area contributed by atoms with Crippen molar-refractivity contribution in [1.29, 1.82) is 0 Å². The summed E-state index contributed by atoms with van der Waals surface area (Å²) in [7, 11) is 0. The van der Waals surface area contributed by atoms with E-state index in [1.165, 1.54) is 56.4 Å². The van der Waals surface area contributed by atoms with Crippen molar-refractivity contribution in [3.05, 3.63) is 88.5 Å². The maximum atomic E-state index is 14.2. The Morgan fingerprint density at radius 1 is 0.634 bits per heavy atom. The molecule has 0 aliphatic carbocycles. The van der Waals surface area contributed by atoms with E-state index in [4.69, 9.17) is 14.6 Å². The Morgan fingerprint density at radius 3 is 1.61 bits per heavy atom. The van der Waals surface area contributed by atoms with E-state index in [1.54, 1.807) is 24.3 Å². The summed E-state index contributed by atoms with van der Waals surface area (Å²) in [6.45, 7) is 2.54. The molecule has 3 rings (SSSR count). The van der Waals surface area contributed by atoms with Crippen LogP contribution in [-0.2, 0) is 4.74 Å². The lowest BCUT2D eigenvalue weighted by Gasteiger charge is -2.10. The van der Waals surface area contributed by atoms with Gasteiger partial charge < -0.3 is 14.6 Å². The van der Waals surface area contributed by atoms with E-state index >= 15 is 0 Å². The van der Waals surface area contributed by atoms with Gasteiger partial charge in [-0.05, 0) is 41.8 Å². The van der Waals surface area contributed by atoms with E-state index < -0.39 is 52.3 Å². The minimum absolute atomic E-state index is 0.193. The Kier molecular flexibility index (Phi) is 11.4. The third kappa shape index (κ3) is 8.15. The van der Waals surface area contributed by atoms with Gasteiger partial charge in [0, 0.05) is 0 Å². The second kappa shape index (κ2) is 15.0. The van der Waals surface area contributed by atoms with Crippen molar-refractivity contribution in [2.24, 2.45) is 0 Å². The fourth-order valence-corrected chi connectivity index (χ4v) is 4.16. The zero-order valence-electron chi connectivity index (χ0n) is 22.5. The summed E-state index contributed by atoms with van der Waals surface area (Å²) in [5.41, 5.74) is -1.82. The summed E-state index contributed by atoms with van der Waals surface area (Å²) >= 11 is 0. The van der Waals surface area contributed by atoms with Gasteiger partial charge in [-0.1, -0.05) is 76.1 Å². The molecule has 0 aliphatic rings. The molecule has 0 amide bonds. The van der Waals surface area contributed by atoms with E-state index in [0.29, 0.717) is 23.3 Å². The zero-order valence-corrected chi connectivity index (χ0v) is 22.5. The Hall–Kier alpha value is -4.21. The largest absolute Gasteiger partial charge is 0.477 e. The molecule has 10 heteroatoms. The average molecular weight is 575 g/mol. The molecule has 3 aromatic rings. The van der Waals surface area contributed by atoms with Crippen molar-refractivity contribution >= 4 is 17.9 Å². The number of hydrogen-bond donors (Lipinski definition) is 1. The maximum Gasteiger partial charge on any atom is 0.349 e. The number of halogens is 4. The molecule has 218 valence electrons. The fraction of sp³-hybridized carbons (Fsp3) is 0.323. The average Bonchev–Trinajstić information content (AvgIpc) is 2.95. The molecular formula is C31H30F4O6. The summed E-state index contributed by atoms with van der Waals surface area (Å²) < 4.78 is 66.4. The molecule has 1 N–H and O–H groups in total. The molecule has 3 aromatic carbocycles. The van der Waals surface area contributed by atoms with Crippen molar-refractivity contribution in [3.63, 3.8) is 0 Å². The van der Waals surface area contributed by atoms with E-state index in [0.717, 1.165) is 19.3 Å². The van der Waals surface area contributed by atoms with Crippen LogP contribution in [0.4, 0.5) is 17.6 Å². The lowest BCUT2D eigenvalue weighted by molar-refractivity contribution is 0.0497. The van der Waals surface area contributed by atoms with Crippen molar-refractivity contribution < 1.29 is 46.5 Å². The number of rotatable bonds is 14. The van der Waals surface area contributed by atoms with E-state index in [9.17, 15) is 31.9 Å². The van der Waals surface area contributed by atoms with Crippen LogP contribution < -0.4 is 4.74 Å². The number of carbonyl (C=O) groups is 3. The van der Waals surface area contributed by atoms with Crippen molar-refractivity contribution in [1.82, 2.24) is 0 Å². The predicted octanol–water partition coefficient (Wildman–Crippen LogP) is 8.12. The number of carboxylic acid groups (broad SMARTS) is 1. The molecule has 0 saturated heterocycles. The highest BCUT2D eigenvalue weighted by Crippen LogP contribution is 2.27. The SMILES string of the molecule is CCCCCCCCCCOC(=O)c1ccc(-c2ccc(OC(=O)c3c(F)c(F)c(C(=O)O)c(F)c3F)cc2)cc1. The van der Waals surface area contributed by atoms with Crippen LogP contribution in [0.15, 0.2) is 48.5 Å². The Balaban J connectivity index is 1.55. The van der Waals surface area contributed by atoms with Crippen LogP contribution in [0, 0.1) is 23.3 Å². The molecular weight excluding hydrogens is 544 g/mol. The quantitative estimate of drug-likeness (QED) is 0.0688. The number of hydrogen-bond acceptors (Lipinski definition) is 5. The molecule has 0 aromatic heterocycles. The van der Waals surface area contributed by atoms with Gasteiger partial charge >= 0.3 is 17.9 Å². The smallest absolute Gasteiger partial charge is 0.349 e. The van der Waals surface area contributed by atoms with Crippen LogP contribution in [0.25, 0.3) is 11.1 Å². The standard InChI is InChI=1S/C31H30F4O6/c1-2-3-4-5-6-7-8-9-18-40-30(38)21-12-10-19(11-13-21)20-14-16-22(17-15-20)41-31(39)24-27(34)25(32)23(29(36)37)26(33)28(24)35/h10-17H,2-9,18H2,1H3,(H,36,37). The van der Waals surface area contributed by atoms with E-state index in [2.05, 4.69) is 6.92 Å². The van der Waals surface area contributed by atoms with Gasteiger partial charge in [-0.15, -0.1) is 0 Å². The van der Waals surface area contributed by atoms with Crippen molar-refractivity contribution in [2.45, 2.75) is 58.3 Å². The van der Waals surface area contributed by atoms with Gasteiger partial charge in [-0.2, -0.15) is 0 Å². The summed E-state index contributed by atoms with van der Waals surface area (Å²) in [4.78, 5) is 35.4. The molecule has 0 fully saturated rings. The summed E-state index contributed by atoms with van der Waals surface area (Å²) in [6.07, 6.45) is 9.12. The lowest BCUT2D eigenvalue weighted by atomic mass is 10.0. The topological polar surface area (TPSA) is 89.9 Å². The van der Waals surface area contributed by atoms with Gasteiger partial charge in [-0.25, -0.2) is 31.9 Å². The van der Waals surface area contributed by atoms with Crippen LogP contribution in [0.5, 0.6) is 5.75 Å². The normalized spacial score (nSPS) is 10.9. The minimum atomic E-state index is -2.24. The molecule has 0 bridgehead atoms. The third-order valence-corrected chi connectivity index (χ3v) is 6.43. The number of benzene rings is 3. The molecule has 41 heavy (non-hydrogen) atoms. The number of aromatic carboxylic acids is 1. The maximum absolute atomic E-state index is 14.2. The molecule has 0 radical (unpaired) electrons. The summed E-state index contributed by atoms with van der Waals surface area (Å²) in [5, 5.41) is 8.76. The van der Waals surface area contributed by atoms with Crippen LogP contribution in [0.2, 0.25) is 0 Å². The van der Waals surface area contributed by atoms with E-state index in [1.807, 2.05) is 0 Å². The highest BCUT2D eigenvalue weighted by atomic mass is 19.2. The van der Waals surface area contributed by atoms with Gasteiger partial charge in [0.2, 0.25) is 0 Å². The summed E-state index contributed by atoms with van der Waals surface area (Å²) in [6, 6.07) is 12.2. The summed E-state index contributed by atoms with van der Waals surface area (Å²) in [5.74, 6) is -13.4. The first-order valence-corrected chi connectivity index (χ1v) is 13.3. The van der Waals surface area contributed by atoms with Gasteiger partial charge in [-0.3, -0.25) is 0 Å². The van der Waals surface area contributed by atoms with Crippen LogP contribution in [0.3, 0.4) is 0 Å². The first-order chi connectivity index (χ1) is 19.6. The zero-order chi connectivity index (χ0) is 29.9. The Labute approximate surface area is 234 Å². The first kappa shape index (κ1) is 31.3. The van der Waals surface area contributed by atoms with Gasteiger partial charge in [0.15, 0.2) is 23.3 Å². The molecule has 0 unspecified atom stereocenters. The van der Waals surface area contributed by atoms with E-state index in [-0.39, 0.29) is 5.75 Å². The third-order valence-electron chi connectivity index (χ3n) is 6.43. The van der Waals surface area contributed by atoms with Crippen LogP contribution in [-0.4, -0.2) is 29.6 Å². The molecule has 0 aliphatic heterocycles. The highest BCUT2D eigenvalue weighted by Gasteiger charge is 2.33. The number of esters is 2. The second-order valence-electron chi connectivity index (χ2n) is 9.41. The van der Waals surface area contributed by atoms with Gasteiger partial charge in [0.05, 0.1) is 12.2 Å². The highest BCUT2D eigenvalue weighted by molar-refractivity contribution is 5.95. The second-order valence-corrected chi connectivity index (χ2v) is 9.41. The number of carbonyl (C=O) groups excluding carboxylic acids is 2. The number of carboxylic acids is 1. The predicted molar refractivity (Wildman–Crippen MR) is 143 cm³/mol. The minimum Gasteiger partial charge on any atom is -0.477 e. The number of ether oxygens (including phenoxy) is 2. The molecule has 0 spiro atoms. The van der Waals surface area contributed by atoms with Crippen molar-refractivity contribution in [3.8, 4) is 16.9 Å². The number of unbranched alkanes of at least 4 members (excludes halogenated alkanes) is 7. The molecule has 0 atom stereocenters. The van der Waals surface area contributed by atoms with Gasteiger partial charge in [0.25, 0.3) is 0 Å². The molecule has 6 nitrogen and oxygen atoms in total. The van der Waals surface area contributed by atoms with Gasteiger partial charge in [0.1, 0.15) is 16.9 Å². The first-order valence-electron chi connectivity index (χ1n) is 13.3. The lowest BCUT2D eigenvalue weighted by Crippen LogP contribution is -2.19. The van der Waals surface area contributed by atoms with Crippen molar-refractivity contribution in [2.75, 3.05) is 6.61 Å². The van der Waals surface area contributed by atoms with Crippen LogP contribution >= 0.6 is 0 Å². The molecule has 0 heterocycles. The Morgan fingerprint density at radius 2 is 1.10 bits per heavy atom. The molecule has 0 saturated carbocycles. The fourth-order valence-electron chi connectivity index (χ4n) is 4.16. The van der Waals surface area contributed by atoms with Crippen LogP contribution in [0.1, 0.15) is 89.4 Å². The Bertz CT molecular complexity index is 1340.